The number of aryl methyl sites for hydroxylation is 1. The van der Waals surface area contributed by atoms with Crippen molar-refractivity contribution >= 4 is 11.8 Å². The van der Waals surface area contributed by atoms with Crippen LogP contribution in [0.3, 0.4) is 0 Å². The lowest BCUT2D eigenvalue weighted by Gasteiger charge is -2.13. The number of hydrogen-bond donors (Lipinski definition) is 0. The van der Waals surface area contributed by atoms with Crippen LogP contribution >= 0.6 is 11.8 Å². The van der Waals surface area contributed by atoms with Gasteiger partial charge in [-0.3, -0.25) is 13.9 Å². The second-order valence-electron chi connectivity index (χ2n) is 7.56. The van der Waals surface area contributed by atoms with Gasteiger partial charge in [0, 0.05) is 38.2 Å². The number of ether oxygens (including phenoxy) is 1. The Labute approximate surface area is 195 Å². The first-order valence-electron chi connectivity index (χ1n) is 10.5. The van der Waals surface area contributed by atoms with Gasteiger partial charge in [0.1, 0.15) is 5.75 Å². The lowest BCUT2D eigenvalue weighted by Crippen LogP contribution is -2.37. The van der Waals surface area contributed by atoms with Crippen molar-refractivity contribution in [3.05, 3.63) is 92.8 Å². The molecule has 170 valence electrons. The van der Waals surface area contributed by atoms with E-state index in [0.29, 0.717) is 29.0 Å². The summed E-state index contributed by atoms with van der Waals surface area (Å²) < 4.78 is 10.2. The van der Waals surface area contributed by atoms with Gasteiger partial charge in [-0.05, 0) is 24.1 Å². The third kappa shape index (κ3) is 4.78. The number of para-hydroxylation sites is 1. The van der Waals surface area contributed by atoms with E-state index in [4.69, 9.17) is 4.74 Å². The van der Waals surface area contributed by atoms with Crippen molar-refractivity contribution < 1.29 is 4.74 Å². The molecule has 0 N–H and O–H groups in total. The lowest BCUT2D eigenvalue weighted by atomic mass is 10.1. The molecule has 0 unspecified atom stereocenters. The molecule has 0 atom stereocenters. The molecule has 0 bridgehead atoms. The Bertz CT molecular complexity index is 1380. The Kier molecular flexibility index (Phi) is 6.79. The van der Waals surface area contributed by atoms with Crippen LogP contribution in [0.1, 0.15) is 11.3 Å². The minimum Gasteiger partial charge on any atom is -0.496 e. The molecule has 4 rings (SSSR count). The maximum Gasteiger partial charge on any atom is 0.330 e. The number of hydrogen-bond acceptors (Lipinski definition) is 6. The predicted molar refractivity (Wildman–Crippen MR) is 129 cm³/mol. The molecule has 2 aromatic heterocycles. The topological polar surface area (TPSA) is 83.9 Å². The number of aromatic nitrogens is 5. The van der Waals surface area contributed by atoms with Gasteiger partial charge in [0.05, 0.1) is 12.7 Å². The second kappa shape index (κ2) is 9.91. The molecule has 0 amide bonds. The van der Waals surface area contributed by atoms with E-state index >= 15 is 0 Å². The third-order valence-corrected chi connectivity index (χ3v) is 6.51. The average Bonchev–Trinajstić information content (AvgIpc) is 3.25. The van der Waals surface area contributed by atoms with Crippen LogP contribution in [0, 0.1) is 0 Å². The quantitative estimate of drug-likeness (QED) is 0.374. The smallest absolute Gasteiger partial charge is 0.330 e. The molecule has 2 heterocycles. The SMILES string of the molecule is COc1ccccc1-c1nnc(SCc2cc(=O)n(C)c(=O)n2C)n1CCc1ccccc1. The summed E-state index contributed by atoms with van der Waals surface area (Å²) >= 11 is 1.44. The molecule has 0 aliphatic heterocycles. The molecule has 8 nitrogen and oxygen atoms in total. The molecule has 4 aromatic rings. The normalized spacial score (nSPS) is 11.0. The van der Waals surface area contributed by atoms with Gasteiger partial charge >= 0.3 is 5.69 Å². The average molecular weight is 464 g/mol. The fraction of sp³-hybridized carbons (Fsp3) is 0.250. The van der Waals surface area contributed by atoms with Crippen LogP contribution in [-0.2, 0) is 32.8 Å². The van der Waals surface area contributed by atoms with Gasteiger partial charge in [-0.25, -0.2) is 4.79 Å². The molecule has 0 spiro atoms. The van der Waals surface area contributed by atoms with Gasteiger partial charge in [0.25, 0.3) is 5.56 Å². The molecule has 0 radical (unpaired) electrons. The highest BCUT2D eigenvalue weighted by Crippen LogP contribution is 2.31. The summed E-state index contributed by atoms with van der Waals surface area (Å²) in [5.41, 5.74) is 2.02. The molecule has 33 heavy (non-hydrogen) atoms. The number of benzene rings is 2. The highest BCUT2D eigenvalue weighted by atomic mass is 32.2. The van der Waals surface area contributed by atoms with Crippen LogP contribution in [0.2, 0.25) is 0 Å². The molecular formula is C24H25N5O3S. The first kappa shape index (κ1) is 22.6. The zero-order valence-electron chi connectivity index (χ0n) is 18.8. The minimum absolute atomic E-state index is 0.325. The molecule has 9 heteroatoms. The summed E-state index contributed by atoms with van der Waals surface area (Å²) in [4.78, 5) is 24.4. The largest absolute Gasteiger partial charge is 0.496 e. The third-order valence-electron chi connectivity index (χ3n) is 5.51. The number of methoxy groups -OCH3 is 1. The first-order chi connectivity index (χ1) is 16.0. The predicted octanol–water partition coefficient (Wildman–Crippen LogP) is 2.89. The van der Waals surface area contributed by atoms with E-state index in [0.717, 1.165) is 22.3 Å². The van der Waals surface area contributed by atoms with Gasteiger partial charge in [-0.1, -0.05) is 54.2 Å². The number of nitrogens with zero attached hydrogens (tertiary/aromatic N) is 5. The second-order valence-corrected chi connectivity index (χ2v) is 8.50. The van der Waals surface area contributed by atoms with Crippen molar-refractivity contribution in [2.75, 3.05) is 7.11 Å². The van der Waals surface area contributed by atoms with Gasteiger partial charge in [0.15, 0.2) is 11.0 Å². The van der Waals surface area contributed by atoms with E-state index < -0.39 is 0 Å². The minimum atomic E-state index is -0.349. The van der Waals surface area contributed by atoms with Gasteiger partial charge < -0.3 is 9.30 Å². The Morgan fingerprint density at radius 3 is 2.42 bits per heavy atom. The Balaban J connectivity index is 1.68. The van der Waals surface area contributed by atoms with Crippen LogP contribution < -0.4 is 16.0 Å². The summed E-state index contributed by atoms with van der Waals surface area (Å²) in [7, 11) is 4.77. The van der Waals surface area contributed by atoms with Crippen molar-refractivity contribution in [3.8, 4) is 17.1 Å². The number of rotatable bonds is 8. The van der Waals surface area contributed by atoms with E-state index in [1.165, 1.54) is 35.0 Å². The Morgan fingerprint density at radius 2 is 1.67 bits per heavy atom. The lowest BCUT2D eigenvalue weighted by molar-refractivity contribution is 0.415. The van der Waals surface area contributed by atoms with Crippen molar-refractivity contribution in [2.24, 2.45) is 14.1 Å². The van der Waals surface area contributed by atoms with Crippen molar-refractivity contribution in [1.82, 2.24) is 23.9 Å². The van der Waals surface area contributed by atoms with E-state index in [9.17, 15) is 9.59 Å². The maximum absolute atomic E-state index is 12.3. The molecule has 0 aliphatic carbocycles. The Hall–Kier alpha value is -3.59. The first-order valence-corrected chi connectivity index (χ1v) is 11.5. The summed E-state index contributed by atoms with van der Waals surface area (Å²) in [5, 5.41) is 9.61. The molecule has 0 saturated carbocycles. The molecule has 0 fully saturated rings. The highest BCUT2D eigenvalue weighted by Gasteiger charge is 2.18. The van der Waals surface area contributed by atoms with Gasteiger partial charge in [0.2, 0.25) is 0 Å². The summed E-state index contributed by atoms with van der Waals surface area (Å²) in [6, 6.07) is 19.4. The molecular weight excluding hydrogens is 438 g/mol. The maximum atomic E-state index is 12.3. The zero-order valence-corrected chi connectivity index (χ0v) is 19.6. The molecule has 2 aromatic carbocycles. The van der Waals surface area contributed by atoms with Gasteiger partial charge in [-0.2, -0.15) is 0 Å². The van der Waals surface area contributed by atoms with E-state index in [-0.39, 0.29) is 11.2 Å². The van der Waals surface area contributed by atoms with E-state index in [1.807, 2.05) is 42.5 Å². The van der Waals surface area contributed by atoms with Crippen LogP contribution in [0.15, 0.2) is 75.4 Å². The summed E-state index contributed by atoms with van der Waals surface area (Å²) in [5.74, 6) is 1.84. The molecule has 0 aliphatic rings. The van der Waals surface area contributed by atoms with Crippen molar-refractivity contribution in [1.29, 1.82) is 0 Å². The summed E-state index contributed by atoms with van der Waals surface area (Å²) in [6.07, 6.45) is 0.805. The Morgan fingerprint density at radius 1 is 0.939 bits per heavy atom. The van der Waals surface area contributed by atoms with Crippen LogP contribution in [0.5, 0.6) is 5.75 Å². The highest BCUT2D eigenvalue weighted by molar-refractivity contribution is 7.98. The van der Waals surface area contributed by atoms with E-state index in [2.05, 4.69) is 26.9 Å². The van der Waals surface area contributed by atoms with Crippen LogP contribution in [-0.4, -0.2) is 31.0 Å². The van der Waals surface area contributed by atoms with E-state index in [1.54, 1.807) is 14.2 Å². The van der Waals surface area contributed by atoms with Crippen molar-refractivity contribution in [2.45, 2.75) is 23.9 Å². The summed E-state index contributed by atoms with van der Waals surface area (Å²) in [6.45, 7) is 0.669. The van der Waals surface area contributed by atoms with Crippen molar-refractivity contribution in [3.63, 3.8) is 0 Å². The number of thioether (sulfide) groups is 1. The van der Waals surface area contributed by atoms with Crippen LogP contribution in [0.25, 0.3) is 11.4 Å². The monoisotopic (exact) mass is 463 g/mol. The molecule has 0 saturated heterocycles. The van der Waals surface area contributed by atoms with Gasteiger partial charge in [-0.15, -0.1) is 10.2 Å². The standard InChI is InChI=1S/C24H25N5O3S/c1-27-18(15-21(30)28(2)24(27)31)16-33-23-26-25-22(19-11-7-8-12-20(19)32-3)29(23)14-13-17-9-5-4-6-10-17/h4-12,15H,13-14,16H2,1-3H3. The van der Waals surface area contributed by atoms with Crippen LogP contribution in [0.4, 0.5) is 0 Å². The fourth-order valence-corrected chi connectivity index (χ4v) is 4.55. The zero-order chi connectivity index (χ0) is 23.4. The fourth-order valence-electron chi connectivity index (χ4n) is 3.57.